The molecule has 0 aromatic rings. The zero-order valence-electron chi connectivity index (χ0n) is 12.8. The molecule has 2 aliphatic rings. The van der Waals surface area contributed by atoms with E-state index in [1.165, 1.54) is 0 Å². The summed E-state index contributed by atoms with van der Waals surface area (Å²) in [4.78, 5) is 11.8. The van der Waals surface area contributed by atoms with Crippen molar-refractivity contribution in [2.75, 3.05) is 0 Å². The zero-order chi connectivity index (χ0) is 16.3. The number of ether oxygens (including phenoxy) is 1. The summed E-state index contributed by atoms with van der Waals surface area (Å²) in [5.74, 6) is -1.37. The van der Waals surface area contributed by atoms with Gasteiger partial charge in [0.25, 0.3) is 0 Å². The van der Waals surface area contributed by atoms with Crippen LogP contribution in [0.2, 0.25) is 0 Å². The minimum Gasteiger partial charge on any atom is -0.461 e. The first-order valence-electron chi connectivity index (χ1n) is 7.99. The van der Waals surface area contributed by atoms with E-state index in [4.69, 9.17) is 4.74 Å². The largest absolute Gasteiger partial charge is 0.461 e. The molecule has 1 saturated carbocycles. The van der Waals surface area contributed by atoms with Crippen molar-refractivity contribution in [1.29, 1.82) is 0 Å². The number of cyclic esters (lactones) is 1. The lowest BCUT2D eigenvalue weighted by molar-refractivity contribution is -0.171. The van der Waals surface area contributed by atoms with Gasteiger partial charge in [0.2, 0.25) is 0 Å². The van der Waals surface area contributed by atoms with Crippen molar-refractivity contribution < 1.29 is 30.0 Å². The topological polar surface area (TPSA) is 107 Å². The van der Waals surface area contributed by atoms with Crippen LogP contribution in [-0.2, 0) is 9.53 Å². The molecule has 2 rings (SSSR count). The van der Waals surface area contributed by atoms with Gasteiger partial charge in [-0.3, -0.25) is 0 Å². The lowest BCUT2D eigenvalue weighted by Crippen LogP contribution is -2.47. The van der Waals surface area contributed by atoms with Gasteiger partial charge in [0.15, 0.2) is 6.10 Å². The molecule has 1 aliphatic carbocycles. The minimum absolute atomic E-state index is 0.0685. The van der Waals surface area contributed by atoms with Gasteiger partial charge in [0.05, 0.1) is 18.3 Å². The molecule has 1 aliphatic heterocycles. The summed E-state index contributed by atoms with van der Waals surface area (Å²) in [5, 5.41) is 40.1. The van der Waals surface area contributed by atoms with Gasteiger partial charge in [-0.25, -0.2) is 4.79 Å². The van der Waals surface area contributed by atoms with Crippen molar-refractivity contribution in [1.82, 2.24) is 0 Å². The molecule has 7 atom stereocenters. The first kappa shape index (κ1) is 17.4. The van der Waals surface area contributed by atoms with Crippen LogP contribution in [0.25, 0.3) is 0 Å². The molecule has 1 fully saturated rings. The third kappa shape index (κ3) is 4.07. The van der Waals surface area contributed by atoms with Crippen LogP contribution in [0.1, 0.15) is 39.0 Å². The molecular formula is C16H26O6. The van der Waals surface area contributed by atoms with Gasteiger partial charge in [-0.1, -0.05) is 12.2 Å². The standard InChI is InChI=1S/C16H26O6/c1-9-5-3-2-4-6-10-7-11(17)8-12(10)13(18)14(19)15(20)16(21)22-9/h4,6,9-15,17-20H,2-3,5,7-8H2,1H3/b6-4+/t9-,10+,11?,12?,13?,14?,15?/m0/s1. The van der Waals surface area contributed by atoms with Crippen molar-refractivity contribution >= 4 is 5.97 Å². The number of fused-ring (bicyclic) bond motifs is 1. The van der Waals surface area contributed by atoms with Gasteiger partial charge in [0, 0.05) is 0 Å². The molecule has 0 spiro atoms. The van der Waals surface area contributed by atoms with Crippen LogP contribution >= 0.6 is 0 Å². The van der Waals surface area contributed by atoms with E-state index < -0.39 is 30.4 Å². The normalized spacial score (nSPS) is 45.9. The van der Waals surface area contributed by atoms with Crippen molar-refractivity contribution in [2.45, 2.75) is 69.5 Å². The van der Waals surface area contributed by atoms with Gasteiger partial charge < -0.3 is 25.2 Å². The molecule has 0 bridgehead atoms. The number of hydrogen-bond acceptors (Lipinski definition) is 6. The number of carbonyl (C=O) groups excluding carboxylic acids is 1. The Hall–Kier alpha value is -0.950. The van der Waals surface area contributed by atoms with Crippen LogP contribution in [0.3, 0.4) is 0 Å². The fraction of sp³-hybridized carbons (Fsp3) is 0.812. The lowest BCUT2D eigenvalue weighted by atomic mass is 9.86. The highest BCUT2D eigenvalue weighted by molar-refractivity contribution is 5.75. The summed E-state index contributed by atoms with van der Waals surface area (Å²) < 4.78 is 5.09. The van der Waals surface area contributed by atoms with E-state index in [0.29, 0.717) is 19.3 Å². The Bertz CT molecular complexity index is 409. The van der Waals surface area contributed by atoms with Crippen molar-refractivity contribution in [3.8, 4) is 0 Å². The fourth-order valence-electron chi connectivity index (χ4n) is 3.39. The average Bonchev–Trinajstić information content (AvgIpc) is 2.84. The Balaban J connectivity index is 2.18. The molecule has 0 radical (unpaired) electrons. The summed E-state index contributed by atoms with van der Waals surface area (Å²) >= 11 is 0. The van der Waals surface area contributed by atoms with E-state index in [9.17, 15) is 25.2 Å². The summed E-state index contributed by atoms with van der Waals surface area (Å²) in [6.45, 7) is 1.74. The van der Waals surface area contributed by atoms with Gasteiger partial charge in [-0.15, -0.1) is 0 Å². The molecule has 5 unspecified atom stereocenters. The molecule has 0 aromatic carbocycles. The number of rotatable bonds is 0. The van der Waals surface area contributed by atoms with Gasteiger partial charge >= 0.3 is 5.97 Å². The van der Waals surface area contributed by atoms with Gasteiger partial charge in [0.1, 0.15) is 6.10 Å². The van der Waals surface area contributed by atoms with Crippen LogP contribution in [0.4, 0.5) is 0 Å². The first-order chi connectivity index (χ1) is 10.4. The Labute approximate surface area is 130 Å². The SMILES string of the molecule is C[C@H]1CCC/C=C/[C@@H]2CC(O)CC2C(O)C(O)C(O)C(=O)O1. The summed E-state index contributed by atoms with van der Waals surface area (Å²) in [7, 11) is 0. The Morgan fingerprint density at radius 2 is 1.86 bits per heavy atom. The van der Waals surface area contributed by atoms with Crippen LogP contribution in [0, 0.1) is 11.8 Å². The predicted molar refractivity (Wildman–Crippen MR) is 78.8 cm³/mol. The second-order valence-corrected chi connectivity index (χ2v) is 6.49. The van der Waals surface area contributed by atoms with Crippen molar-refractivity contribution in [2.24, 2.45) is 11.8 Å². The number of carbonyl (C=O) groups is 1. The molecule has 0 saturated heterocycles. The fourth-order valence-corrected chi connectivity index (χ4v) is 3.39. The number of allylic oxidation sites excluding steroid dienone is 2. The highest BCUT2D eigenvalue weighted by atomic mass is 16.6. The van der Waals surface area contributed by atoms with E-state index in [-0.39, 0.29) is 17.9 Å². The van der Waals surface area contributed by atoms with E-state index in [1.807, 2.05) is 12.2 Å². The van der Waals surface area contributed by atoms with E-state index >= 15 is 0 Å². The quantitative estimate of drug-likeness (QED) is 0.374. The molecule has 1 heterocycles. The summed E-state index contributed by atoms with van der Waals surface area (Å²) in [6, 6.07) is 0. The third-order valence-electron chi connectivity index (χ3n) is 4.67. The Morgan fingerprint density at radius 1 is 1.14 bits per heavy atom. The lowest BCUT2D eigenvalue weighted by Gasteiger charge is -2.29. The number of aliphatic hydroxyl groups is 4. The summed E-state index contributed by atoms with van der Waals surface area (Å²) in [6.07, 6.45) is 1.59. The molecule has 6 nitrogen and oxygen atoms in total. The number of esters is 1. The van der Waals surface area contributed by atoms with Gasteiger partial charge in [-0.2, -0.15) is 0 Å². The highest BCUT2D eigenvalue weighted by Gasteiger charge is 2.43. The van der Waals surface area contributed by atoms with Crippen molar-refractivity contribution in [3.63, 3.8) is 0 Å². The second kappa shape index (κ2) is 7.55. The maximum atomic E-state index is 11.8. The van der Waals surface area contributed by atoms with Gasteiger partial charge in [-0.05, 0) is 50.9 Å². The van der Waals surface area contributed by atoms with Crippen LogP contribution < -0.4 is 0 Å². The van der Waals surface area contributed by atoms with E-state index in [1.54, 1.807) is 6.92 Å². The molecular weight excluding hydrogens is 288 g/mol. The number of aliphatic hydroxyl groups excluding tert-OH is 4. The number of hydrogen-bond donors (Lipinski definition) is 4. The van der Waals surface area contributed by atoms with Crippen molar-refractivity contribution in [3.05, 3.63) is 12.2 Å². The third-order valence-corrected chi connectivity index (χ3v) is 4.67. The average molecular weight is 314 g/mol. The van der Waals surface area contributed by atoms with E-state index in [2.05, 4.69) is 0 Å². The molecule has 22 heavy (non-hydrogen) atoms. The first-order valence-corrected chi connectivity index (χ1v) is 7.99. The zero-order valence-corrected chi connectivity index (χ0v) is 12.8. The highest BCUT2D eigenvalue weighted by Crippen LogP contribution is 2.37. The maximum Gasteiger partial charge on any atom is 0.338 e. The van der Waals surface area contributed by atoms with Crippen LogP contribution in [-0.4, -0.2) is 56.9 Å². The second-order valence-electron chi connectivity index (χ2n) is 6.49. The minimum atomic E-state index is -1.78. The molecule has 6 heteroatoms. The van der Waals surface area contributed by atoms with Crippen LogP contribution in [0.5, 0.6) is 0 Å². The predicted octanol–water partition coefficient (Wildman–Crippen LogP) is 0.128. The molecule has 126 valence electrons. The Kier molecular flexibility index (Phi) is 5.97. The smallest absolute Gasteiger partial charge is 0.338 e. The van der Waals surface area contributed by atoms with Crippen LogP contribution in [0.15, 0.2) is 12.2 Å². The Morgan fingerprint density at radius 3 is 2.59 bits per heavy atom. The molecule has 0 amide bonds. The molecule has 4 N–H and O–H groups in total. The monoisotopic (exact) mass is 314 g/mol. The van der Waals surface area contributed by atoms with E-state index in [0.717, 1.165) is 12.8 Å². The maximum absolute atomic E-state index is 11.8. The molecule has 0 aromatic heterocycles. The summed E-state index contributed by atoms with van der Waals surface area (Å²) in [5.41, 5.74) is 0.